The number of benzene rings is 2. The number of sulfonamides is 1. The number of hydrogen-bond acceptors (Lipinski definition) is 4. The summed E-state index contributed by atoms with van der Waals surface area (Å²) in [6, 6.07) is 13.5. The molecule has 2 aromatic rings. The number of rotatable bonds is 8. The van der Waals surface area contributed by atoms with Gasteiger partial charge >= 0.3 is 0 Å². The van der Waals surface area contributed by atoms with Gasteiger partial charge < -0.3 is 5.32 Å². The van der Waals surface area contributed by atoms with Gasteiger partial charge in [0.15, 0.2) is 0 Å². The van der Waals surface area contributed by atoms with Crippen LogP contribution in [-0.4, -0.2) is 44.0 Å². The molecule has 30 heavy (non-hydrogen) atoms. The summed E-state index contributed by atoms with van der Waals surface area (Å²) >= 11 is 7.47. The Morgan fingerprint density at radius 1 is 1.17 bits per heavy atom. The SMILES string of the molecule is O=C(NCCCSc1ccccc1)C1CCN(S(=O)(=O)c2ccc(F)c(Cl)c2)CC1. The minimum Gasteiger partial charge on any atom is -0.356 e. The lowest BCUT2D eigenvalue weighted by Gasteiger charge is -2.30. The van der Waals surface area contributed by atoms with E-state index in [0.29, 0.717) is 19.4 Å². The maximum atomic E-state index is 13.3. The van der Waals surface area contributed by atoms with Crippen LogP contribution < -0.4 is 5.32 Å². The molecule has 0 radical (unpaired) electrons. The van der Waals surface area contributed by atoms with Crippen LogP contribution in [0.4, 0.5) is 4.39 Å². The Morgan fingerprint density at radius 3 is 2.53 bits per heavy atom. The predicted molar refractivity (Wildman–Crippen MR) is 118 cm³/mol. The molecule has 2 aromatic carbocycles. The van der Waals surface area contributed by atoms with Crippen molar-refractivity contribution in [3.05, 3.63) is 59.4 Å². The molecule has 5 nitrogen and oxygen atoms in total. The summed E-state index contributed by atoms with van der Waals surface area (Å²) in [5.74, 6) is 0.0334. The van der Waals surface area contributed by atoms with E-state index in [4.69, 9.17) is 11.6 Å². The van der Waals surface area contributed by atoms with Crippen molar-refractivity contribution in [1.82, 2.24) is 9.62 Å². The van der Waals surface area contributed by atoms with Gasteiger partial charge in [0.05, 0.1) is 9.92 Å². The zero-order valence-electron chi connectivity index (χ0n) is 16.4. The Balaban J connectivity index is 1.42. The molecule has 1 amide bonds. The number of carbonyl (C=O) groups is 1. The number of nitrogens with zero attached hydrogens (tertiary/aromatic N) is 1. The van der Waals surface area contributed by atoms with Crippen LogP contribution in [0.5, 0.6) is 0 Å². The summed E-state index contributed by atoms with van der Waals surface area (Å²) in [5.41, 5.74) is 0. The van der Waals surface area contributed by atoms with Crippen molar-refractivity contribution in [2.45, 2.75) is 29.1 Å². The average Bonchev–Trinajstić information content (AvgIpc) is 2.76. The zero-order chi connectivity index (χ0) is 21.6. The second-order valence-electron chi connectivity index (χ2n) is 7.06. The second-order valence-corrected chi connectivity index (χ2v) is 10.6. The van der Waals surface area contributed by atoms with Gasteiger partial charge in [-0.05, 0) is 55.3 Å². The molecule has 0 aliphatic carbocycles. The van der Waals surface area contributed by atoms with Gasteiger partial charge in [-0.1, -0.05) is 29.8 Å². The lowest BCUT2D eigenvalue weighted by atomic mass is 9.97. The van der Waals surface area contributed by atoms with Crippen molar-refractivity contribution < 1.29 is 17.6 Å². The summed E-state index contributed by atoms with van der Waals surface area (Å²) in [5, 5.41) is 2.73. The fraction of sp³-hybridized carbons (Fsp3) is 0.381. The van der Waals surface area contributed by atoms with E-state index >= 15 is 0 Å². The van der Waals surface area contributed by atoms with Crippen LogP contribution in [0, 0.1) is 11.7 Å². The Kier molecular flexibility index (Phi) is 8.16. The molecule has 0 unspecified atom stereocenters. The first-order chi connectivity index (χ1) is 14.4. The number of halogens is 2. The van der Waals surface area contributed by atoms with Gasteiger partial charge in [-0.3, -0.25) is 4.79 Å². The second kappa shape index (κ2) is 10.6. The summed E-state index contributed by atoms with van der Waals surface area (Å²) in [4.78, 5) is 13.6. The Hall–Kier alpha value is -1.61. The quantitative estimate of drug-likeness (QED) is 0.464. The van der Waals surface area contributed by atoms with Crippen molar-refractivity contribution in [1.29, 1.82) is 0 Å². The maximum Gasteiger partial charge on any atom is 0.243 e. The van der Waals surface area contributed by atoms with E-state index in [2.05, 4.69) is 17.4 Å². The molecule has 0 aromatic heterocycles. The third kappa shape index (κ3) is 5.97. The highest BCUT2D eigenvalue weighted by Crippen LogP contribution is 2.26. The van der Waals surface area contributed by atoms with Gasteiger partial charge in [-0.25, -0.2) is 12.8 Å². The predicted octanol–water partition coefficient (Wildman–Crippen LogP) is 4.18. The van der Waals surface area contributed by atoms with E-state index < -0.39 is 15.8 Å². The van der Waals surface area contributed by atoms with Gasteiger partial charge in [-0.2, -0.15) is 4.31 Å². The smallest absolute Gasteiger partial charge is 0.243 e. The largest absolute Gasteiger partial charge is 0.356 e. The van der Waals surface area contributed by atoms with E-state index in [1.54, 1.807) is 11.8 Å². The topological polar surface area (TPSA) is 66.5 Å². The molecule has 162 valence electrons. The van der Waals surface area contributed by atoms with Crippen molar-refractivity contribution in [2.75, 3.05) is 25.4 Å². The third-order valence-electron chi connectivity index (χ3n) is 4.99. The molecule has 0 bridgehead atoms. The Labute approximate surface area is 186 Å². The number of amides is 1. The summed E-state index contributed by atoms with van der Waals surface area (Å²) < 4.78 is 40.1. The van der Waals surface area contributed by atoms with Gasteiger partial charge in [0.2, 0.25) is 15.9 Å². The van der Waals surface area contributed by atoms with Gasteiger partial charge in [0, 0.05) is 30.4 Å². The highest BCUT2D eigenvalue weighted by Gasteiger charge is 2.32. The van der Waals surface area contributed by atoms with Crippen LogP contribution in [0.1, 0.15) is 19.3 Å². The van der Waals surface area contributed by atoms with Crippen LogP contribution in [0.25, 0.3) is 0 Å². The van der Waals surface area contributed by atoms with Crippen molar-refractivity contribution >= 4 is 39.3 Å². The normalized spacial score (nSPS) is 15.8. The summed E-state index contributed by atoms with van der Waals surface area (Å²) in [6.07, 6.45) is 1.78. The molecule has 1 N–H and O–H groups in total. The highest BCUT2D eigenvalue weighted by molar-refractivity contribution is 7.99. The standard InChI is InChI=1S/C21H24ClFN2O3S2/c22-19-15-18(7-8-20(19)23)30(27,28)25-12-9-16(10-13-25)21(26)24-11-4-14-29-17-5-2-1-3-6-17/h1-3,5-8,15-16H,4,9-14H2,(H,24,26). The molecular weight excluding hydrogens is 447 g/mol. The minimum absolute atomic E-state index is 0.0263. The number of carbonyl (C=O) groups excluding carboxylic acids is 1. The third-order valence-corrected chi connectivity index (χ3v) is 8.27. The lowest BCUT2D eigenvalue weighted by molar-refractivity contribution is -0.126. The van der Waals surface area contributed by atoms with Gasteiger partial charge in [-0.15, -0.1) is 11.8 Å². The van der Waals surface area contributed by atoms with Crippen LogP contribution in [0.2, 0.25) is 5.02 Å². The van der Waals surface area contributed by atoms with Crippen molar-refractivity contribution in [2.24, 2.45) is 5.92 Å². The lowest BCUT2D eigenvalue weighted by Crippen LogP contribution is -2.43. The molecule has 1 aliphatic rings. The van der Waals surface area contributed by atoms with Crippen LogP contribution in [0.15, 0.2) is 58.3 Å². The number of piperidine rings is 1. The number of nitrogens with one attached hydrogen (secondary N) is 1. The van der Waals surface area contributed by atoms with Crippen LogP contribution in [-0.2, 0) is 14.8 Å². The molecular formula is C21H24ClFN2O3S2. The summed E-state index contributed by atoms with van der Waals surface area (Å²) in [7, 11) is -3.75. The average molecular weight is 471 g/mol. The van der Waals surface area contributed by atoms with E-state index in [0.717, 1.165) is 24.3 Å². The van der Waals surface area contributed by atoms with Gasteiger partial charge in [0.25, 0.3) is 0 Å². The maximum absolute atomic E-state index is 13.3. The molecule has 1 saturated heterocycles. The van der Waals surface area contributed by atoms with Crippen molar-refractivity contribution in [3.8, 4) is 0 Å². The van der Waals surface area contributed by atoms with E-state index in [9.17, 15) is 17.6 Å². The van der Waals surface area contributed by atoms with Crippen molar-refractivity contribution in [3.63, 3.8) is 0 Å². The fourth-order valence-corrected chi connectivity index (χ4v) is 5.90. The molecule has 0 atom stereocenters. The molecule has 9 heteroatoms. The highest BCUT2D eigenvalue weighted by atomic mass is 35.5. The monoisotopic (exact) mass is 470 g/mol. The number of hydrogen-bond donors (Lipinski definition) is 1. The molecule has 0 saturated carbocycles. The zero-order valence-corrected chi connectivity index (χ0v) is 18.8. The molecule has 1 fully saturated rings. The van der Waals surface area contributed by atoms with E-state index in [-0.39, 0.29) is 34.8 Å². The first-order valence-electron chi connectivity index (χ1n) is 9.78. The van der Waals surface area contributed by atoms with Crippen LogP contribution >= 0.6 is 23.4 Å². The number of thioether (sulfide) groups is 1. The first-order valence-corrected chi connectivity index (χ1v) is 12.6. The molecule has 1 aliphatic heterocycles. The summed E-state index contributed by atoms with van der Waals surface area (Å²) in [6.45, 7) is 1.10. The van der Waals surface area contributed by atoms with E-state index in [1.807, 2.05) is 18.2 Å². The fourth-order valence-electron chi connectivity index (χ4n) is 3.28. The van der Waals surface area contributed by atoms with Gasteiger partial charge in [0.1, 0.15) is 5.82 Å². The van der Waals surface area contributed by atoms with E-state index in [1.165, 1.54) is 15.3 Å². The first kappa shape index (κ1) is 23.1. The minimum atomic E-state index is -3.75. The Bertz CT molecular complexity index is 965. The molecule has 1 heterocycles. The molecule has 3 rings (SSSR count). The molecule has 0 spiro atoms. The van der Waals surface area contributed by atoms with Crippen LogP contribution in [0.3, 0.4) is 0 Å². The Morgan fingerprint density at radius 2 is 1.87 bits per heavy atom.